The Morgan fingerprint density at radius 1 is 1.19 bits per heavy atom. The van der Waals surface area contributed by atoms with Gasteiger partial charge in [0, 0.05) is 50.2 Å². The summed E-state index contributed by atoms with van der Waals surface area (Å²) >= 11 is 6.43. The van der Waals surface area contributed by atoms with Gasteiger partial charge in [0.25, 0.3) is 11.5 Å². The number of nitrogens with one attached hydrogen (secondary N) is 2. The number of rotatable bonds is 8. The van der Waals surface area contributed by atoms with Crippen molar-refractivity contribution < 1.29 is 9.53 Å². The molecule has 1 aliphatic heterocycles. The van der Waals surface area contributed by atoms with Crippen molar-refractivity contribution in [1.82, 2.24) is 24.4 Å². The van der Waals surface area contributed by atoms with Crippen LogP contribution in [0.2, 0.25) is 5.15 Å². The van der Waals surface area contributed by atoms with Gasteiger partial charge in [-0.25, -0.2) is 15.0 Å². The number of nitrogens with zero attached hydrogens (tertiary/aromatic N) is 6. The van der Waals surface area contributed by atoms with Gasteiger partial charge in [0.15, 0.2) is 5.82 Å². The lowest BCUT2D eigenvalue weighted by molar-refractivity contribution is 0.0625. The fourth-order valence-corrected chi connectivity index (χ4v) is 5.57. The summed E-state index contributed by atoms with van der Waals surface area (Å²) in [6.07, 6.45) is 5.04. The van der Waals surface area contributed by atoms with Crippen molar-refractivity contribution in [1.29, 1.82) is 5.26 Å². The number of halogens is 1. The number of nitriles is 1. The van der Waals surface area contributed by atoms with Crippen LogP contribution in [0.3, 0.4) is 0 Å². The Labute approximate surface area is 248 Å². The molecule has 11 nitrogen and oxygen atoms in total. The van der Waals surface area contributed by atoms with Crippen molar-refractivity contribution in [2.75, 3.05) is 30.9 Å². The van der Waals surface area contributed by atoms with Crippen LogP contribution in [0, 0.1) is 11.3 Å². The summed E-state index contributed by atoms with van der Waals surface area (Å²) in [6, 6.07) is 12.4. The van der Waals surface area contributed by atoms with E-state index in [1.807, 2.05) is 26.0 Å². The van der Waals surface area contributed by atoms with Gasteiger partial charge in [-0.2, -0.15) is 5.26 Å². The second-order valence-corrected chi connectivity index (χ2v) is 11.0. The van der Waals surface area contributed by atoms with Crippen LogP contribution in [0.15, 0.2) is 53.6 Å². The van der Waals surface area contributed by atoms with Crippen LogP contribution >= 0.6 is 11.6 Å². The molecule has 2 N–H and O–H groups in total. The average Bonchev–Trinajstić information content (AvgIpc) is 3.44. The zero-order valence-corrected chi connectivity index (χ0v) is 24.6. The molecule has 0 unspecified atom stereocenters. The molecule has 216 valence electrons. The largest absolute Gasteiger partial charge is 0.383 e. The Bertz CT molecular complexity index is 1750. The molecule has 1 aromatic carbocycles. The lowest BCUT2D eigenvalue weighted by Gasteiger charge is -2.27. The number of benzene rings is 1. The van der Waals surface area contributed by atoms with Gasteiger partial charge in [0.05, 0.1) is 35.1 Å². The average molecular weight is 587 g/mol. The van der Waals surface area contributed by atoms with Crippen LogP contribution in [-0.4, -0.2) is 56.6 Å². The smallest absolute Gasteiger partial charge is 0.272 e. The fourth-order valence-electron chi connectivity index (χ4n) is 5.34. The van der Waals surface area contributed by atoms with Crippen LogP contribution in [0.25, 0.3) is 10.9 Å². The number of hydrogen-bond donors (Lipinski definition) is 2. The summed E-state index contributed by atoms with van der Waals surface area (Å²) in [5.41, 5.74) is 1.29. The topological polar surface area (TPSA) is 138 Å². The SMILES string of the molecule is COC[C@@H]1CCCN1C(=O)c1cc(Nc2cccc3c(NC(C)(C)c4ncccn4)cc(=O)n(C)c23)c(C#N)c(Cl)n1. The Kier molecular flexibility index (Phi) is 8.11. The van der Waals surface area contributed by atoms with Crippen molar-refractivity contribution >= 4 is 45.5 Å². The summed E-state index contributed by atoms with van der Waals surface area (Å²) in [5, 5.41) is 17.3. The van der Waals surface area contributed by atoms with Crippen LogP contribution in [-0.2, 0) is 17.3 Å². The second kappa shape index (κ2) is 11.8. The lowest BCUT2D eigenvalue weighted by atomic mass is 10.0. The maximum absolute atomic E-state index is 13.5. The number of pyridine rings is 2. The first-order valence-corrected chi connectivity index (χ1v) is 13.9. The zero-order valence-electron chi connectivity index (χ0n) is 23.8. The number of aromatic nitrogens is 4. The Morgan fingerprint density at radius 3 is 2.67 bits per heavy atom. The van der Waals surface area contributed by atoms with Gasteiger partial charge in [0.1, 0.15) is 22.5 Å². The Hall–Kier alpha value is -4.53. The molecule has 42 heavy (non-hydrogen) atoms. The molecule has 0 saturated carbocycles. The molecular formula is C30H31ClN8O3. The molecule has 1 aliphatic rings. The molecule has 12 heteroatoms. The van der Waals surface area contributed by atoms with Crippen LogP contribution < -0.4 is 16.2 Å². The standard InChI is InChI=1S/C30H31ClN8O3/c1-30(2,29-33-11-7-12-34-29)37-23-15-25(40)38(3)26-19(23)9-5-10-21(26)35-22-14-24(36-27(31)20(22)16-32)28(41)39-13-6-8-18(39)17-42-4/h5,7,9-12,14-15,18,37H,6,8,13,17H2,1-4H3,(H,35,36)/t18-/m0/s1. The first-order valence-electron chi connectivity index (χ1n) is 13.5. The van der Waals surface area contributed by atoms with E-state index in [0.29, 0.717) is 41.6 Å². The van der Waals surface area contributed by atoms with E-state index in [9.17, 15) is 14.9 Å². The summed E-state index contributed by atoms with van der Waals surface area (Å²) in [5.74, 6) is 0.285. The maximum atomic E-state index is 13.5. The molecule has 0 spiro atoms. The van der Waals surface area contributed by atoms with Gasteiger partial charge in [0.2, 0.25) is 0 Å². The minimum Gasteiger partial charge on any atom is -0.383 e. The Balaban J connectivity index is 1.57. The molecule has 4 aromatic rings. The van der Waals surface area contributed by atoms with E-state index >= 15 is 0 Å². The number of aryl methyl sites for hydroxylation is 1. The quantitative estimate of drug-likeness (QED) is 0.284. The number of anilines is 3. The number of methoxy groups -OCH3 is 1. The van der Waals surface area contributed by atoms with Crippen molar-refractivity contribution in [3.8, 4) is 6.07 Å². The molecular weight excluding hydrogens is 556 g/mol. The highest BCUT2D eigenvalue weighted by Crippen LogP contribution is 2.34. The van der Waals surface area contributed by atoms with Crippen molar-refractivity contribution in [2.24, 2.45) is 7.05 Å². The van der Waals surface area contributed by atoms with Crippen LogP contribution in [0.4, 0.5) is 17.1 Å². The third-order valence-electron chi connectivity index (χ3n) is 7.40. The number of carbonyl (C=O) groups is 1. The van der Waals surface area contributed by atoms with E-state index in [2.05, 4.69) is 31.7 Å². The molecule has 0 bridgehead atoms. The number of ether oxygens (including phenoxy) is 1. The highest BCUT2D eigenvalue weighted by atomic mass is 35.5. The molecule has 5 rings (SSSR count). The van der Waals surface area contributed by atoms with Gasteiger partial charge < -0.3 is 24.8 Å². The Morgan fingerprint density at radius 2 is 1.95 bits per heavy atom. The van der Waals surface area contributed by atoms with Gasteiger partial charge >= 0.3 is 0 Å². The first-order chi connectivity index (χ1) is 20.1. The van der Waals surface area contributed by atoms with Gasteiger partial charge in [-0.1, -0.05) is 23.7 Å². The van der Waals surface area contributed by atoms with Crippen LogP contribution in [0.5, 0.6) is 0 Å². The van der Waals surface area contributed by atoms with E-state index in [-0.39, 0.29) is 33.9 Å². The van der Waals surface area contributed by atoms with Gasteiger partial charge in [-0.3, -0.25) is 9.59 Å². The maximum Gasteiger partial charge on any atom is 0.272 e. The predicted octanol–water partition coefficient (Wildman–Crippen LogP) is 4.59. The van der Waals surface area contributed by atoms with Crippen molar-refractivity contribution in [2.45, 2.75) is 38.3 Å². The summed E-state index contributed by atoms with van der Waals surface area (Å²) in [7, 11) is 3.28. The number of likely N-dealkylation sites (tertiary alicyclic amines) is 1. The van der Waals surface area contributed by atoms with E-state index in [1.54, 1.807) is 43.6 Å². The molecule has 3 aromatic heterocycles. The molecule has 1 saturated heterocycles. The molecule has 4 heterocycles. The lowest BCUT2D eigenvalue weighted by Crippen LogP contribution is -2.38. The highest BCUT2D eigenvalue weighted by Gasteiger charge is 2.31. The van der Waals surface area contributed by atoms with Gasteiger partial charge in [-0.05, 0) is 44.9 Å². The normalized spacial score (nSPS) is 15.0. The summed E-state index contributed by atoms with van der Waals surface area (Å²) in [4.78, 5) is 41.4. The predicted molar refractivity (Wildman–Crippen MR) is 161 cm³/mol. The minimum absolute atomic E-state index is 0.0563. The van der Waals surface area contributed by atoms with E-state index in [1.165, 1.54) is 16.7 Å². The third kappa shape index (κ3) is 5.51. The molecule has 1 amide bonds. The zero-order chi connectivity index (χ0) is 30.0. The van der Waals surface area contributed by atoms with E-state index in [0.717, 1.165) is 18.2 Å². The van der Waals surface area contributed by atoms with Gasteiger partial charge in [-0.15, -0.1) is 0 Å². The second-order valence-electron chi connectivity index (χ2n) is 10.7. The summed E-state index contributed by atoms with van der Waals surface area (Å²) in [6.45, 7) is 4.87. The van der Waals surface area contributed by atoms with E-state index < -0.39 is 5.54 Å². The monoisotopic (exact) mass is 586 g/mol. The molecule has 1 fully saturated rings. The molecule has 0 radical (unpaired) electrons. The number of fused-ring (bicyclic) bond motifs is 1. The fraction of sp³-hybridized carbons (Fsp3) is 0.333. The third-order valence-corrected chi connectivity index (χ3v) is 7.68. The van der Waals surface area contributed by atoms with E-state index in [4.69, 9.17) is 16.3 Å². The highest BCUT2D eigenvalue weighted by molar-refractivity contribution is 6.31. The number of para-hydroxylation sites is 1. The van der Waals surface area contributed by atoms with Crippen molar-refractivity contribution in [3.05, 3.63) is 81.4 Å². The van der Waals surface area contributed by atoms with Crippen molar-refractivity contribution in [3.63, 3.8) is 0 Å². The molecule has 0 aliphatic carbocycles. The number of carbonyl (C=O) groups excluding carboxylic acids is 1. The number of hydrogen-bond acceptors (Lipinski definition) is 9. The minimum atomic E-state index is -0.692. The summed E-state index contributed by atoms with van der Waals surface area (Å²) < 4.78 is 6.82. The molecule has 1 atom stereocenters. The first kappa shape index (κ1) is 29.0. The van der Waals surface area contributed by atoms with Crippen LogP contribution in [0.1, 0.15) is 48.6 Å². The number of amides is 1.